The number of nitrogens with two attached hydrogens (primary N) is 1. The Bertz CT molecular complexity index is 1250. The highest BCUT2D eigenvalue weighted by molar-refractivity contribution is 6.41. The van der Waals surface area contributed by atoms with Gasteiger partial charge in [0.15, 0.2) is 5.65 Å². The molecule has 0 bridgehead atoms. The molecule has 192 valence electrons. The third-order valence-electron chi connectivity index (χ3n) is 7.18. The van der Waals surface area contributed by atoms with Crippen molar-refractivity contribution in [3.05, 3.63) is 33.4 Å². The van der Waals surface area contributed by atoms with Crippen LogP contribution in [0, 0.1) is 5.92 Å². The number of aliphatic hydroxyl groups excluding tert-OH is 1. The number of aliphatic hydroxyl groups is 1. The number of hydrogen-bond donors (Lipinski definition) is 4. The molecule has 0 radical (unpaired) electrons. The first-order valence-corrected chi connectivity index (χ1v) is 13.3. The van der Waals surface area contributed by atoms with Gasteiger partial charge >= 0.3 is 0 Å². The third kappa shape index (κ3) is 5.20. The number of aromatic nitrogens is 4. The predicted molar refractivity (Wildman–Crippen MR) is 142 cm³/mol. The van der Waals surface area contributed by atoms with Gasteiger partial charge in [-0.1, -0.05) is 47.6 Å². The smallest absolute Gasteiger partial charge is 0.225 e. The van der Waals surface area contributed by atoms with Crippen molar-refractivity contribution in [3.8, 4) is 0 Å². The summed E-state index contributed by atoms with van der Waals surface area (Å²) in [6, 6.07) is 3.16. The van der Waals surface area contributed by atoms with Crippen molar-refractivity contribution in [2.24, 2.45) is 11.7 Å². The van der Waals surface area contributed by atoms with E-state index in [-0.39, 0.29) is 23.9 Å². The molecule has 2 aliphatic rings. The first kappa shape index (κ1) is 25.3. The monoisotopic (exact) mass is 551 g/mol. The number of amides is 1. The van der Waals surface area contributed by atoms with Crippen LogP contribution in [0.2, 0.25) is 15.1 Å². The number of nitrogens with zero attached hydrogens (tertiary/aromatic N) is 4. The Morgan fingerprint density at radius 3 is 2.39 bits per heavy atom. The van der Waals surface area contributed by atoms with Crippen LogP contribution in [-0.2, 0) is 4.79 Å². The third-order valence-corrected chi connectivity index (χ3v) is 8.00. The first-order valence-electron chi connectivity index (χ1n) is 12.2. The van der Waals surface area contributed by atoms with E-state index in [1.54, 1.807) is 18.3 Å². The molecule has 2 atom stereocenters. The zero-order valence-corrected chi connectivity index (χ0v) is 21.8. The molecule has 9 nitrogen and oxygen atoms in total. The van der Waals surface area contributed by atoms with Gasteiger partial charge in [-0.15, -0.1) is 0 Å². The number of carbonyl (C=O) groups excluding carboxylic acids is 1. The average Bonchev–Trinajstić information content (AvgIpc) is 3.20. The van der Waals surface area contributed by atoms with Gasteiger partial charge in [-0.05, 0) is 50.7 Å². The van der Waals surface area contributed by atoms with Gasteiger partial charge < -0.3 is 21.5 Å². The maximum absolute atomic E-state index is 11.7. The summed E-state index contributed by atoms with van der Waals surface area (Å²) in [6.07, 6.45) is 7.78. The van der Waals surface area contributed by atoms with Crippen LogP contribution in [-0.4, -0.2) is 42.7 Å². The molecule has 12 heteroatoms. The lowest BCUT2D eigenvalue weighted by Gasteiger charge is -2.29. The minimum atomic E-state index is -0.432. The number of carbonyl (C=O) groups is 1. The van der Waals surface area contributed by atoms with Crippen LogP contribution >= 0.6 is 34.8 Å². The molecule has 2 heterocycles. The quantitative estimate of drug-likeness (QED) is 0.319. The van der Waals surface area contributed by atoms with Crippen LogP contribution in [0.5, 0.6) is 0 Å². The molecule has 1 amide bonds. The average molecular weight is 553 g/mol. The molecule has 2 aromatic heterocycles. The molecular formula is C24H28Cl3N7O2. The first-order chi connectivity index (χ1) is 17.3. The van der Waals surface area contributed by atoms with Crippen molar-refractivity contribution < 1.29 is 9.90 Å². The second-order valence-electron chi connectivity index (χ2n) is 9.59. The maximum atomic E-state index is 11.7. The van der Waals surface area contributed by atoms with Gasteiger partial charge in [-0.25, -0.2) is 9.97 Å². The van der Waals surface area contributed by atoms with Crippen molar-refractivity contribution in [1.29, 1.82) is 0 Å². The number of imidazole rings is 1. The lowest BCUT2D eigenvalue weighted by molar-refractivity contribution is -0.122. The molecular weight excluding hydrogens is 525 g/mol. The zero-order valence-electron chi connectivity index (χ0n) is 19.6. The number of hydrogen-bond acceptors (Lipinski definition) is 7. The van der Waals surface area contributed by atoms with Crippen molar-refractivity contribution in [1.82, 2.24) is 19.5 Å². The Morgan fingerprint density at radius 2 is 1.72 bits per heavy atom. The highest BCUT2D eigenvalue weighted by Crippen LogP contribution is 2.40. The number of halogens is 3. The Morgan fingerprint density at radius 1 is 1.03 bits per heavy atom. The Kier molecular flexibility index (Phi) is 7.44. The van der Waals surface area contributed by atoms with Gasteiger partial charge in [-0.3, -0.25) is 9.36 Å². The summed E-state index contributed by atoms with van der Waals surface area (Å²) in [6.45, 7) is 0. The van der Waals surface area contributed by atoms with E-state index in [9.17, 15) is 9.90 Å². The highest BCUT2D eigenvalue weighted by Gasteiger charge is 2.30. The van der Waals surface area contributed by atoms with E-state index in [0.29, 0.717) is 56.7 Å². The second kappa shape index (κ2) is 10.6. The fourth-order valence-corrected chi connectivity index (χ4v) is 6.14. The van der Waals surface area contributed by atoms with Crippen molar-refractivity contribution in [2.45, 2.75) is 69.6 Å². The van der Waals surface area contributed by atoms with Crippen LogP contribution in [0.25, 0.3) is 11.2 Å². The number of fused-ring (bicyclic) bond motifs is 1. The van der Waals surface area contributed by atoms with Crippen LogP contribution in [0.3, 0.4) is 0 Å². The molecule has 0 aliphatic heterocycles. The summed E-state index contributed by atoms with van der Waals surface area (Å²) in [4.78, 5) is 25.7. The number of benzene rings is 1. The van der Waals surface area contributed by atoms with Gasteiger partial charge in [-0.2, -0.15) is 4.98 Å². The normalized spacial score (nSPS) is 24.6. The number of primary amides is 1. The van der Waals surface area contributed by atoms with E-state index in [2.05, 4.69) is 15.6 Å². The molecule has 3 aromatic rings. The summed E-state index contributed by atoms with van der Waals surface area (Å²) in [7, 11) is 0. The lowest BCUT2D eigenvalue weighted by atomic mass is 9.85. The summed E-state index contributed by atoms with van der Waals surface area (Å²) in [5.74, 6) is 0.562. The number of anilines is 3. The lowest BCUT2D eigenvalue weighted by Crippen LogP contribution is -2.36. The van der Waals surface area contributed by atoms with Crippen molar-refractivity contribution >= 4 is 69.5 Å². The van der Waals surface area contributed by atoms with Crippen molar-refractivity contribution in [2.75, 3.05) is 10.6 Å². The largest absolute Gasteiger partial charge is 0.391 e. The topological polar surface area (TPSA) is 131 Å². The van der Waals surface area contributed by atoms with Gasteiger partial charge in [0.1, 0.15) is 5.52 Å². The summed E-state index contributed by atoms with van der Waals surface area (Å²) < 4.78 is 2.03. The van der Waals surface area contributed by atoms with E-state index in [1.807, 2.05) is 4.57 Å². The summed E-state index contributed by atoms with van der Waals surface area (Å²) in [5, 5.41) is 18.1. The van der Waals surface area contributed by atoms with Crippen LogP contribution < -0.4 is 16.4 Å². The SMILES string of the molecule is NC(=O)[C@H]1CC[C@@H](n2c(Nc3c(Cl)cc(Cl)cc3Cl)nc3cnc(NC4CCCC[C@H]4O)nc32)CC1. The number of rotatable bonds is 6. The fourth-order valence-electron chi connectivity index (χ4n) is 5.23. The van der Waals surface area contributed by atoms with Gasteiger partial charge in [0.05, 0.1) is 34.1 Å². The second-order valence-corrected chi connectivity index (χ2v) is 10.8. The minimum absolute atomic E-state index is 0.0287. The predicted octanol–water partition coefficient (Wildman–Crippen LogP) is 5.46. The van der Waals surface area contributed by atoms with Crippen LogP contribution in [0.15, 0.2) is 18.3 Å². The van der Waals surface area contributed by atoms with Gasteiger partial charge in [0, 0.05) is 17.0 Å². The van der Waals surface area contributed by atoms with E-state index in [1.165, 1.54) is 0 Å². The van der Waals surface area contributed by atoms with Crippen LogP contribution in [0.1, 0.15) is 57.4 Å². The van der Waals surface area contributed by atoms with Gasteiger partial charge in [0.25, 0.3) is 0 Å². The van der Waals surface area contributed by atoms with Gasteiger partial charge in [0.2, 0.25) is 17.8 Å². The molecule has 2 aliphatic carbocycles. The summed E-state index contributed by atoms with van der Waals surface area (Å²) >= 11 is 19.0. The molecule has 0 spiro atoms. The maximum Gasteiger partial charge on any atom is 0.225 e. The van der Waals surface area contributed by atoms with E-state index in [4.69, 9.17) is 50.5 Å². The Balaban J connectivity index is 1.53. The van der Waals surface area contributed by atoms with Crippen molar-refractivity contribution in [3.63, 3.8) is 0 Å². The molecule has 36 heavy (non-hydrogen) atoms. The number of nitrogens with one attached hydrogen (secondary N) is 2. The van der Waals surface area contributed by atoms with E-state index in [0.717, 1.165) is 38.5 Å². The summed E-state index contributed by atoms with van der Waals surface area (Å²) in [5.41, 5.74) is 7.29. The van der Waals surface area contributed by atoms with E-state index < -0.39 is 6.10 Å². The highest BCUT2D eigenvalue weighted by atomic mass is 35.5. The molecule has 2 saturated carbocycles. The van der Waals surface area contributed by atoms with E-state index >= 15 is 0 Å². The standard InChI is InChI=1S/C24H28Cl3N7O2/c25-13-9-15(26)20(16(27)10-13)32-24-31-18-11-29-23(30-17-3-1-2-4-19(17)35)33-22(18)34(24)14-7-5-12(6-8-14)21(28)36/h9-12,14,17,19,35H,1-8H2,(H2,28,36)(H,31,32)(H,29,30,33)/t12-,14+,17?,19-/m1/s1. The molecule has 5 N–H and O–H groups in total. The molecule has 1 aromatic carbocycles. The zero-order chi connectivity index (χ0) is 25.4. The minimum Gasteiger partial charge on any atom is -0.391 e. The Hall–Kier alpha value is -2.33. The fraction of sp³-hybridized carbons (Fsp3) is 0.500. The molecule has 1 unspecified atom stereocenters. The Labute approximate surface area is 223 Å². The van der Waals surface area contributed by atoms with Crippen LogP contribution in [0.4, 0.5) is 17.6 Å². The molecule has 0 saturated heterocycles. The molecule has 2 fully saturated rings. The molecule has 5 rings (SSSR count).